The van der Waals surface area contributed by atoms with Crippen molar-refractivity contribution < 1.29 is 9.47 Å². The first-order valence-corrected chi connectivity index (χ1v) is 6.12. The number of rotatable bonds is 9. The van der Waals surface area contributed by atoms with Gasteiger partial charge in [0.15, 0.2) is 0 Å². The van der Waals surface area contributed by atoms with Gasteiger partial charge < -0.3 is 9.47 Å². The second-order valence-electron chi connectivity index (χ2n) is 4.38. The molecule has 0 aliphatic rings. The van der Waals surface area contributed by atoms with Crippen molar-refractivity contribution in [2.24, 2.45) is 11.8 Å². The molecule has 3 N–H and O–H groups in total. The van der Waals surface area contributed by atoms with Crippen molar-refractivity contribution in [3.8, 4) is 0 Å². The third-order valence-corrected chi connectivity index (χ3v) is 3.70. The van der Waals surface area contributed by atoms with Crippen LogP contribution >= 0.6 is 0 Å². The molecular formula is C12H28N2O2. The van der Waals surface area contributed by atoms with Gasteiger partial charge in [-0.25, -0.2) is 0 Å². The van der Waals surface area contributed by atoms with Crippen molar-refractivity contribution in [3.63, 3.8) is 0 Å². The number of nitrogens with one attached hydrogen (secondary N) is 1. The zero-order valence-corrected chi connectivity index (χ0v) is 11.4. The van der Waals surface area contributed by atoms with E-state index < -0.39 is 0 Å². The molecule has 0 amide bonds. The Morgan fingerprint density at radius 3 is 2.12 bits per heavy atom. The lowest BCUT2D eigenvalue weighted by Crippen LogP contribution is -2.57. The standard InChI is InChI=1S/C12H28N2O2/c1-6-12(7-2,16-5)11(14-13)10(3)8-9-15-4/h10-11,14H,6-9,13H2,1-5H3. The molecule has 98 valence electrons. The van der Waals surface area contributed by atoms with Crippen LogP contribution in [0.25, 0.3) is 0 Å². The van der Waals surface area contributed by atoms with Crippen molar-refractivity contribution in [2.75, 3.05) is 20.8 Å². The van der Waals surface area contributed by atoms with Gasteiger partial charge in [0.2, 0.25) is 0 Å². The molecule has 0 aromatic carbocycles. The van der Waals surface area contributed by atoms with Crippen LogP contribution in [0, 0.1) is 5.92 Å². The second kappa shape index (κ2) is 8.01. The van der Waals surface area contributed by atoms with Gasteiger partial charge in [0.25, 0.3) is 0 Å². The quantitative estimate of drug-likeness (QED) is 0.469. The predicted octanol–water partition coefficient (Wildman–Crippen LogP) is 1.70. The Morgan fingerprint density at radius 2 is 1.81 bits per heavy atom. The van der Waals surface area contributed by atoms with Crippen molar-refractivity contribution in [1.29, 1.82) is 0 Å². The van der Waals surface area contributed by atoms with E-state index in [-0.39, 0.29) is 11.6 Å². The van der Waals surface area contributed by atoms with E-state index in [0.717, 1.165) is 25.9 Å². The van der Waals surface area contributed by atoms with Gasteiger partial charge in [-0.05, 0) is 25.2 Å². The number of ether oxygens (including phenoxy) is 2. The molecular weight excluding hydrogens is 204 g/mol. The highest BCUT2D eigenvalue weighted by atomic mass is 16.5. The summed E-state index contributed by atoms with van der Waals surface area (Å²) in [6, 6.07) is 0.155. The van der Waals surface area contributed by atoms with Crippen LogP contribution in [-0.4, -0.2) is 32.5 Å². The van der Waals surface area contributed by atoms with Crippen LogP contribution in [0.5, 0.6) is 0 Å². The van der Waals surface area contributed by atoms with Gasteiger partial charge in [-0.2, -0.15) is 0 Å². The van der Waals surface area contributed by atoms with E-state index in [1.807, 2.05) is 0 Å². The monoisotopic (exact) mass is 232 g/mol. The fourth-order valence-corrected chi connectivity index (χ4v) is 2.41. The SMILES string of the molecule is CCC(CC)(OC)C(NN)C(C)CCOC. The number of hydrogen-bond acceptors (Lipinski definition) is 4. The van der Waals surface area contributed by atoms with Crippen LogP contribution in [-0.2, 0) is 9.47 Å². The van der Waals surface area contributed by atoms with Crippen LogP contribution in [0.4, 0.5) is 0 Å². The minimum Gasteiger partial charge on any atom is -0.385 e. The van der Waals surface area contributed by atoms with Crippen LogP contribution in [0.15, 0.2) is 0 Å². The van der Waals surface area contributed by atoms with Gasteiger partial charge in [0.1, 0.15) is 0 Å². The summed E-state index contributed by atoms with van der Waals surface area (Å²) < 4.78 is 10.8. The first-order chi connectivity index (χ1) is 7.61. The molecule has 16 heavy (non-hydrogen) atoms. The Labute approximate surface area is 99.8 Å². The average Bonchev–Trinajstić information content (AvgIpc) is 2.33. The lowest BCUT2D eigenvalue weighted by molar-refractivity contribution is -0.0636. The maximum absolute atomic E-state index is 5.71. The minimum atomic E-state index is -0.179. The number of hydrazine groups is 1. The van der Waals surface area contributed by atoms with E-state index in [1.165, 1.54) is 0 Å². The van der Waals surface area contributed by atoms with Gasteiger partial charge in [-0.15, -0.1) is 0 Å². The summed E-state index contributed by atoms with van der Waals surface area (Å²) in [4.78, 5) is 0. The van der Waals surface area contributed by atoms with Crippen LogP contribution < -0.4 is 11.3 Å². The molecule has 0 rings (SSSR count). The summed E-state index contributed by atoms with van der Waals surface area (Å²) in [5.41, 5.74) is 2.75. The zero-order valence-electron chi connectivity index (χ0n) is 11.4. The van der Waals surface area contributed by atoms with Gasteiger partial charge >= 0.3 is 0 Å². The van der Waals surface area contributed by atoms with Crippen molar-refractivity contribution in [2.45, 2.75) is 51.7 Å². The molecule has 0 heterocycles. The Kier molecular flexibility index (Phi) is 7.93. The van der Waals surface area contributed by atoms with Crippen molar-refractivity contribution >= 4 is 0 Å². The molecule has 4 heteroatoms. The molecule has 0 radical (unpaired) electrons. The number of nitrogens with two attached hydrogens (primary N) is 1. The number of hydrogen-bond donors (Lipinski definition) is 2. The Morgan fingerprint density at radius 1 is 1.25 bits per heavy atom. The molecule has 2 atom stereocenters. The summed E-state index contributed by atoms with van der Waals surface area (Å²) in [7, 11) is 3.49. The lowest BCUT2D eigenvalue weighted by atomic mass is 9.80. The molecule has 0 aromatic heterocycles. The molecule has 4 nitrogen and oxygen atoms in total. The highest BCUT2D eigenvalue weighted by Crippen LogP contribution is 2.29. The van der Waals surface area contributed by atoms with Gasteiger partial charge in [0, 0.05) is 20.8 Å². The van der Waals surface area contributed by atoms with Crippen LogP contribution in [0.2, 0.25) is 0 Å². The highest BCUT2D eigenvalue weighted by molar-refractivity contribution is 4.93. The minimum absolute atomic E-state index is 0.155. The molecule has 0 saturated heterocycles. The maximum atomic E-state index is 5.71. The van der Waals surface area contributed by atoms with Gasteiger partial charge in [0.05, 0.1) is 11.6 Å². The van der Waals surface area contributed by atoms with E-state index in [1.54, 1.807) is 14.2 Å². The zero-order chi connectivity index (χ0) is 12.6. The van der Waals surface area contributed by atoms with Gasteiger partial charge in [-0.3, -0.25) is 11.3 Å². The normalized spacial score (nSPS) is 16.1. The molecule has 0 aliphatic carbocycles. The first-order valence-electron chi connectivity index (χ1n) is 6.12. The van der Waals surface area contributed by atoms with E-state index in [2.05, 4.69) is 26.2 Å². The third-order valence-electron chi connectivity index (χ3n) is 3.70. The molecule has 0 aliphatic heterocycles. The fourth-order valence-electron chi connectivity index (χ4n) is 2.41. The van der Waals surface area contributed by atoms with E-state index in [4.69, 9.17) is 15.3 Å². The highest BCUT2D eigenvalue weighted by Gasteiger charge is 2.38. The molecule has 0 aromatic rings. The molecule has 0 spiro atoms. The van der Waals surface area contributed by atoms with E-state index >= 15 is 0 Å². The number of methoxy groups -OCH3 is 2. The summed E-state index contributed by atoms with van der Waals surface area (Å²) in [6.07, 6.45) is 2.88. The van der Waals surface area contributed by atoms with E-state index in [9.17, 15) is 0 Å². The average molecular weight is 232 g/mol. The molecule has 0 fully saturated rings. The first kappa shape index (κ1) is 15.8. The Hall–Kier alpha value is -0.160. The second-order valence-corrected chi connectivity index (χ2v) is 4.38. The Balaban J connectivity index is 4.64. The van der Waals surface area contributed by atoms with Crippen LogP contribution in [0.1, 0.15) is 40.0 Å². The smallest absolute Gasteiger partial charge is 0.0841 e. The van der Waals surface area contributed by atoms with Crippen LogP contribution in [0.3, 0.4) is 0 Å². The fraction of sp³-hybridized carbons (Fsp3) is 1.00. The van der Waals surface area contributed by atoms with Crippen molar-refractivity contribution in [1.82, 2.24) is 5.43 Å². The molecule has 0 bridgehead atoms. The van der Waals surface area contributed by atoms with Crippen molar-refractivity contribution in [3.05, 3.63) is 0 Å². The predicted molar refractivity (Wildman–Crippen MR) is 67.1 cm³/mol. The molecule has 0 saturated carbocycles. The lowest BCUT2D eigenvalue weighted by Gasteiger charge is -2.41. The Bertz CT molecular complexity index is 164. The topological polar surface area (TPSA) is 56.5 Å². The summed E-state index contributed by atoms with van der Waals surface area (Å²) >= 11 is 0. The molecule has 2 unspecified atom stereocenters. The van der Waals surface area contributed by atoms with E-state index in [0.29, 0.717) is 5.92 Å². The summed E-state index contributed by atoms with van der Waals surface area (Å²) in [6.45, 7) is 7.22. The third kappa shape index (κ3) is 3.70. The summed E-state index contributed by atoms with van der Waals surface area (Å²) in [5, 5.41) is 0. The summed E-state index contributed by atoms with van der Waals surface area (Å²) in [5.74, 6) is 6.11. The largest absolute Gasteiger partial charge is 0.385 e. The van der Waals surface area contributed by atoms with Gasteiger partial charge in [-0.1, -0.05) is 20.8 Å². The maximum Gasteiger partial charge on any atom is 0.0841 e.